The molecule has 0 aromatic heterocycles. The highest BCUT2D eigenvalue weighted by molar-refractivity contribution is 7.85. The molecule has 0 bridgehead atoms. The molecular formula is C2H6MgO3S. The third-order valence-electron chi connectivity index (χ3n) is 0.365. The van der Waals surface area contributed by atoms with Gasteiger partial charge in [-0.05, 0) is 6.92 Å². The Hall–Kier alpha value is 0.676. The van der Waals surface area contributed by atoms with Gasteiger partial charge in [0.05, 0.1) is 5.75 Å². The van der Waals surface area contributed by atoms with Crippen LogP contribution >= 0.6 is 0 Å². The first kappa shape index (κ1) is 10.6. The lowest BCUT2D eigenvalue weighted by molar-refractivity contribution is 0.484. The van der Waals surface area contributed by atoms with Gasteiger partial charge in [0.2, 0.25) is 0 Å². The van der Waals surface area contributed by atoms with E-state index in [2.05, 4.69) is 0 Å². The van der Waals surface area contributed by atoms with Crippen molar-refractivity contribution in [1.29, 1.82) is 0 Å². The van der Waals surface area contributed by atoms with E-state index in [1.54, 1.807) is 0 Å². The van der Waals surface area contributed by atoms with Crippen LogP contribution in [0.3, 0.4) is 0 Å². The molecule has 0 aliphatic rings. The van der Waals surface area contributed by atoms with Crippen LogP contribution in [-0.2, 0) is 10.1 Å². The Labute approximate surface area is 59.0 Å². The molecular weight excluding hydrogens is 128 g/mol. The summed E-state index contributed by atoms with van der Waals surface area (Å²) in [7, 11) is -3.66. The van der Waals surface area contributed by atoms with E-state index >= 15 is 0 Å². The molecule has 0 spiro atoms. The van der Waals surface area contributed by atoms with Crippen LogP contribution in [0, 0.1) is 0 Å². The Morgan fingerprint density at radius 2 is 1.71 bits per heavy atom. The monoisotopic (exact) mass is 134 g/mol. The molecule has 2 radical (unpaired) electrons. The van der Waals surface area contributed by atoms with Gasteiger partial charge >= 0.3 is 0 Å². The molecule has 3 nitrogen and oxygen atoms in total. The van der Waals surface area contributed by atoms with Crippen LogP contribution in [0.2, 0.25) is 0 Å². The molecule has 0 saturated carbocycles. The minimum Gasteiger partial charge on any atom is -0.286 e. The van der Waals surface area contributed by atoms with Gasteiger partial charge in [-0.3, -0.25) is 4.55 Å². The predicted molar refractivity (Wildman–Crippen MR) is 27.8 cm³/mol. The van der Waals surface area contributed by atoms with Crippen LogP contribution in [0.4, 0.5) is 0 Å². The molecule has 0 saturated heterocycles. The largest absolute Gasteiger partial charge is 0.286 e. The zero-order valence-electron chi connectivity index (χ0n) is 4.09. The minimum absolute atomic E-state index is 0. The molecule has 0 aromatic rings. The number of hydrogen-bond donors (Lipinski definition) is 1. The lowest BCUT2D eigenvalue weighted by Crippen LogP contribution is -1.97. The molecule has 5 heteroatoms. The summed E-state index contributed by atoms with van der Waals surface area (Å²) in [6.07, 6.45) is 0. The first-order valence-corrected chi connectivity index (χ1v) is 3.12. The van der Waals surface area contributed by atoms with Gasteiger partial charge in [-0.2, -0.15) is 8.42 Å². The maximum absolute atomic E-state index is 9.56. The fraction of sp³-hybridized carbons (Fsp3) is 1.00. The highest BCUT2D eigenvalue weighted by atomic mass is 32.2. The molecule has 0 aromatic carbocycles. The van der Waals surface area contributed by atoms with E-state index in [0.717, 1.165) is 0 Å². The van der Waals surface area contributed by atoms with Crippen LogP contribution in [-0.4, -0.2) is 41.8 Å². The summed E-state index contributed by atoms with van der Waals surface area (Å²) in [6.45, 7) is 1.37. The zero-order chi connectivity index (χ0) is 5.21. The van der Waals surface area contributed by atoms with Crippen LogP contribution in [0.15, 0.2) is 0 Å². The highest BCUT2D eigenvalue weighted by Crippen LogP contribution is 1.74. The summed E-state index contributed by atoms with van der Waals surface area (Å²) in [6, 6.07) is 0. The Morgan fingerprint density at radius 1 is 1.57 bits per heavy atom. The molecule has 0 atom stereocenters. The fourth-order valence-corrected chi connectivity index (χ4v) is 0. The van der Waals surface area contributed by atoms with Crippen molar-refractivity contribution in [2.45, 2.75) is 6.92 Å². The number of hydrogen-bond acceptors (Lipinski definition) is 2. The molecule has 7 heavy (non-hydrogen) atoms. The van der Waals surface area contributed by atoms with Crippen molar-refractivity contribution in [3.8, 4) is 0 Å². The molecule has 0 aliphatic carbocycles. The molecule has 1 N–H and O–H groups in total. The Balaban J connectivity index is 0. The second-order valence-electron chi connectivity index (χ2n) is 0.871. The maximum atomic E-state index is 9.56. The fourth-order valence-electron chi connectivity index (χ4n) is 0. The van der Waals surface area contributed by atoms with Crippen molar-refractivity contribution in [2.24, 2.45) is 0 Å². The van der Waals surface area contributed by atoms with Gasteiger partial charge < -0.3 is 0 Å². The van der Waals surface area contributed by atoms with Gasteiger partial charge in [-0.1, -0.05) is 0 Å². The lowest BCUT2D eigenvalue weighted by Gasteiger charge is -1.79. The van der Waals surface area contributed by atoms with Gasteiger partial charge in [0.1, 0.15) is 0 Å². The standard InChI is InChI=1S/C2H6O3S.Mg/c1-2-6(3,4)5;/h2H2,1H3,(H,3,4,5);. The van der Waals surface area contributed by atoms with E-state index in [4.69, 9.17) is 4.55 Å². The SMILES string of the molecule is CCS(=O)(=O)O.[Mg]. The summed E-state index contributed by atoms with van der Waals surface area (Å²) < 4.78 is 26.9. The molecule has 0 rings (SSSR count). The molecule has 0 unspecified atom stereocenters. The van der Waals surface area contributed by atoms with Crippen LogP contribution < -0.4 is 0 Å². The second-order valence-corrected chi connectivity index (χ2v) is 2.61. The van der Waals surface area contributed by atoms with Gasteiger partial charge in [0.15, 0.2) is 0 Å². The van der Waals surface area contributed by atoms with Crippen molar-refractivity contribution in [1.82, 2.24) is 0 Å². The van der Waals surface area contributed by atoms with E-state index in [1.807, 2.05) is 0 Å². The first-order valence-electron chi connectivity index (χ1n) is 1.51. The van der Waals surface area contributed by atoms with Gasteiger partial charge in [0, 0.05) is 23.1 Å². The predicted octanol–water partition coefficient (Wildman–Crippen LogP) is -0.487. The summed E-state index contributed by atoms with van der Waals surface area (Å²) in [5.74, 6) is -0.201. The number of rotatable bonds is 1. The lowest BCUT2D eigenvalue weighted by atomic mass is 11.0. The molecule has 0 fully saturated rings. The van der Waals surface area contributed by atoms with Crippen LogP contribution in [0.1, 0.15) is 6.92 Å². The normalized spacial score (nSPS) is 10.0. The summed E-state index contributed by atoms with van der Waals surface area (Å²) in [5.41, 5.74) is 0. The van der Waals surface area contributed by atoms with Gasteiger partial charge in [-0.15, -0.1) is 0 Å². The topological polar surface area (TPSA) is 54.4 Å². The third-order valence-corrected chi connectivity index (χ3v) is 1.09. The highest BCUT2D eigenvalue weighted by Gasteiger charge is 1.93. The summed E-state index contributed by atoms with van der Waals surface area (Å²) in [4.78, 5) is 0. The van der Waals surface area contributed by atoms with E-state index in [-0.39, 0.29) is 28.8 Å². The maximum Gasteiger partial charge on any atom is 0.264 e. The average Bonchev–Trinajstić information content (AvgIpc) is 1.35. The van der Waals surface area contributed by atoms with Crippen molar-refractivity contribution < 1.29 is 13.0 Å². The van der Waals surface area contributed by atoms with Crippen molar-refractivity contribution in [3.05, 3.63) is 0 Å². The van der Waals surface area contributed by atoms with Crippen LogP contribution in [0.25, 0.3) is 0 Å². The Kier molecular flexibility index (Phi) is 5.54. The van der Waals surface area contributed by atoms with E-state index in [0.29, 0.717) is 0 Å². The first-order chi connectivity index (χ1) is 2.56. The Morgan fingerprint density at radius 3 is 1.71 bits per heavy atom. The van der Waals surface area contributed by atoms with Crippen molar-refractivity contribution in [3.63, 3.8) is 0 Å². The van der Waals surface area contributed by atoms with Gasteiger partial charge in [0.25, 0.3) is 10.1 Å². The van der Waals surface area contributed by atoms with E-state index in [9.17, 15) is 8.42 Å². The molecule has 0 aliphatic heterocycles. The smallest absolute Gasteiger partial charge is 0.264 e. The van der Waals surface area contributed by atoms with Crippen LogP contribution in [0.5, 0.6) is 0 Å². The third kappa shape index (κ3) is 10.8. The second kappa shape index (κ2) is 3.65. The average molecular weight is 134 g/mol. The quantitative estimate of drug-likeness (QED) is 0.389. The van der Waals surface area contributed by atoms with Gasteiger partial charge in [-0.25, -0.2) is 0 Å². The molecule has 40 valence electrons. The molecule has 0 amide bonds. The van der Waals surface area contributed by atoms with E-state index in [1.165, 1.54) is 6.92 Å². The summed E-state index contributed by atoms with van der Waals surface area (Å²) in [5, 5.41) is 0. The van der Waals surface area contributed by atoms with E-state index < -0.39 is 10.1 Å². The minimum atomic E-state index is -3.66. The van der Waals surface area contributed by atoms with Crippen molar-refractivity contribution >= 4 is 33.2 Å². The Bertz CT molecular complexity index is 115. The summed E-state index contributed by atoms with van der Waals surface area (Å²) >= 11 is 0. The zero-order valence-corrected chi connectivity index (χ0v) is 6.32. The molecule has 0 heterocycles. The van der Waals surface area contributed by atoms with Crippen molar-refractivity contribution in [2.75, 3.05) is 5.75 Å².